The number of aliphatic hydroxyl groups is 1. The fourth-order valence-corrected chi connectivity index (χ4v) is 2.08. The van der Waals surface area contributed by atoms with Crippen molar-refractivity contribution < 1.29 is 5.11 Å². The maximum Gasteiger partial charge on any atom is 0.106 e. The topological polar surface area (TPSA) is 51.3 Å². The van der Waals surface area contributed by atoms with Crippen molar-refractivity contribution in [3.05, 3.63) is 23.0 Å². The molecule has 0 amide bonds. The molecule has 2 heterocycles. The molecule has 0 saturated heterocycles. The van der Waals surface area contributed by atoms with E-state index in [4.69, 9.17) is 0 Å². The number of hydrogen-bond donors (Lipinski definition) is 3. The van der Waals surface area contributed by atoms with Gasteiger partial charge in [-0.2, -0.15) is 0 Å². The second-order valence-corrected chi connectivity index (χ2v) is 4.29. The zero-order valence-corrected chi connectivity index (χ0v) is 9.38. The number of aromatic nitrogens is 1. The lowest BCUT2D eigenvalue weighted by Gasteiger charge is -2.21. The van der Waals surface area contributed by atoms with E-state index in [1.54, 1.807) is 0 Å². The van der Waals surface area contributed by atoms with Gasteiger partial charge in [0.1, 0.15) is 6.10 Å². The number of rotatable bonds is 3. The van der Waals surface area contributed by atoms with Crippen LogP contribution < -0.4 is 5.32 Å². The first-order valence-electron chi connectivity index (χ1n) is 5.42. The van der Waals surface area contributed by atoms with Gasteiger partial charge in [0.15, 0.2) is 0 Å². The van der Waals surface area contributed by atoms with Crippen molar-refractivity contribution in [1.29, 1.82) is 0 Å². The van der Waals surface area contributed by atoms with Gasteiger partial charge >= 0.3 is 0 Å². The van der Waals surface area contributed by atoms with Gasteiger partial charge in [0.25, 0.3) is 0 Å². The zero-order valence-electron chi connectivity index (χ0n) is 9.38. The number of aromatic amines is 1. The van der Waals surface area contributed by atoms with Gasteiger partial charge in [0.2, 0.25) is 0 Å². The fourth-order valence-electron chi connectivity index (χ4n) is 2.08. The van der Waals surface area contributed by atoms with Crippen LogP contribution in [0.3, 0.4) is 0 Å². The van der Waals surface area contributed by atoms with Crippen molar-refractivity contribution in [3.8, 4) is 0 Å². The standard InChI is InChI=1S/C11H19N3O/c1-12-6-11(15)10-5-8-7-14(2)4-3-9(8)13-10/h5,11-13,15H,3-4,6-7H2,1-2H3. The van der Waals surface area contributed by atoms with E-state index in [0.717, 1.165) is 25.2 Å². The molecule has 1 aliphatic heterocycles. The third-order valence-electron chi connectivity index (χ3n) is 2.95. The molecule has 2 rings (SSSR count). The summed E-state index contributed by atoms with van der Waals surface area (Å²) in [6.45, 7) is 2.67. The molecule has 0 radical (unpaired) electrons. The van der Waals surface area contributed by atoms with Gasteiger partial charge in [0, 0.05) is 37.4 Å². The van der Waals surface area contributed by atoms with Crippen molar-refractivity contribution in [2.75, 3.05) is 27.2 Å². The van der Waals surface area contributed by atoms with E-state index >= 15 is 0 Å². The second-order valence-electron chi connectivity index (χ2n) is 4.29. The van der Waals surface area contributed by atoms with Crippen LogP contribution in [0.1, 0.15) is 23.1 Å². The van der Waals surface area contributed by atoms with E-state index in [1.165, 1.54) is 11.3 Å². The van der Waals surface area contributed by atoms with E-state index < -0.39 is 6.10 Å². The number of likely N-dealkylation sites (N-methyl/N-ethyl adjacent to an activating group) is 2. The lowest BCUT2D eigenvalue weighted by atomic mass is 10.1. The highest BCUT2D eigenvalue weighted by molar-refractivity contribution is 5.29. The average molecular weight is 209 g/mol. The van der Waals surface area contributed by atoms with Crippen LogP contribution in [0.25, 0.3) is 0 Å². The molecular weight excluding hydrogens is 190 g/mol. The lowest BCUT2D eigenvalue weighted by molar-refractivity contribution is 0.173. The third-order valence-corrected chi connectivity index (χ3v) is 2.95. The Hall–Kier alpha value is -0.840. The van der Waals surface area contributed by atoms with Crippen molar-refractivity contribution in [2.45, 2.75) is 19.1 Å². The van der Waals surface area contributed by atoms with Crippen molar-refractivity contribution >= 4 is 0 Å². The Bertz CT molecular complexity index is 335. The van der Waals surface area contributed by atoms with Crippen LogP contribution in [-0.4, -0.2) is 42.2 Å². The van der Waals surface area contributed by atoms with Crippen LogP contribution in [0, 0.1) is 0 Å². The Balaban J connectivity index is 2.15. The quantitative estimate of drug-likeness (QED) is 0.669. The van der Waals surface area contributed by atoms with Crippen LogP contribution in [-0.2, 0) is 13.0 Å². The summed E-state index contributed by atoms with van der Waals surface area (Å²) in [4.78, 5) is 5.62. The van der Waals surface area contributed by atoms with Gasteiger partial charge in [-0.3, -0.25) is 0 Å². The molecule has 84 valence electrons. The first kappa shape index (κ1) is 10.7. The van der Waals surface area contributed by atoms with E-state index in [9.17, 15) is 5.11 Å². The molecule has 3 N–H and O–H groups in total. The SMILES string of the molecule is CNCC(O)c1cc2c([nH]1)CCN(C)C2. The molecule has 0 saturated carbocycles. The molecule has 1 aliphatic rings. The van der Waals surface area contributed by atoms with E-state index in [-0.39, 0.29) is 0 Å². The zero-order chi connectivity index (χ0) is 10.8. The number of nitrogens with one attached hydrogen (secondary N) is 2. The minimum atomic E-state index is -0.425. The Morgan fingerprint density at radius 1 is 1.67 bits per heavy atom. The average Bonchev–Trinajstić information content (AvgIpc) is 2.60. The highest BCUT2D eigenvalue weighted by atomic mass is 16.3. The van der Waals surface area contributed by atoms with Gasteiger partial charge in [-0.15, -0.1) is 0 Å². The number of nitrogens with zero attached hydrogens (tertiary/aromatic N) is 1. The van der Waals surface area contributed by atoms with Crippen LogP contribution >= 0.6 is 0 Å². The van der Waals surface area contributed by atoms with E-state index in [1.807, 2.05) is 7.05 Å². The Morgan fingerprint density at radius 2 is 2.47 bits per heavy atom. The first-order valence-corrected chi connectivity index (χ1v) is 5.42. The molecule has 1 aromatic heterocycles. The van der Waals surface area contributed by atoms with Gasteiger partial charge in [-0.05, 0) is 25.7 Å². The highest BCUT2D eigenvalue weighted by Crippen LogP contribution is 2.21. The summed E-state index contributed by atoms with van der Waals surface area (Å²) in [7, 11) is 3.97. The van der Waals surface area contributed by atoms with Crippen LogP contribution in [0.4, 0.5) is 0 Å². The van der Waals surface area contributed by atoms with Crippen molar-refractivity contribution in [1.82, 2.24) is 15.2 Å². The minimum Gasteiger partial charge on any atom is -0.386 e. The summed E-state index contributed by atoms with van der Waals surface area (Å²) in [5.74, 6) is 0. The molecule has 4 heteroatoms. The molecule has 0 aromatic carbocycles. The van der Waals surface area contributed by atoms with Crippen molar-refractivity contribution in [2.24, 2.45) is 0 Å². The third kappa shape index (κ3) is 2.22. The van der Waals surface area contributed by atoms with Crippen molar-refractivity contribution in [3.63, 3.8) is 0 Å². The Labute approximate surface area is 90.3 Å². The Kier molecular flexibility index (Phi) is 3.09. The van der Waals surface area contributed by atoms with Crippen LogP contribution in [0.2, 0.25) is 0 Å². The summed E-state index contributed by atoms with van der Waals surface area (Å²) in [5, 5.41) is 12.8. The molecule has 0 bridgehead atoms. The molecule has 1 unspecified atom stereocenters. The number of H-pyrrole nitrogens is 1. The summed E-state index contributed by atoms with van der Waals surface area (Å²) < 4.78 is 0. The molecule has 1 atom stereocenters. The van der Waals surface area contributed by atoms with Gasteiger partial charge in [-0.25, -0.2) is 0 Å². The molecular formula is C11H19N3O. The minimum absolute atomic E-state index is 0.425. The van der Waals surface area contributed by atoms with E-state index in [2.05, 4.69) is 28.3 Å². The smallest absolute Gasteiger partial charge is 0.106 e. The summed E-state index contributed by atoms with van der Waals surface area (Å²) in [6.07, 6.45) is 0.629. The molecule has 0 fully saturated rings. The molecule has 0 aliphatic carbocycles. The molecule has 0 spiro atoms. The number of aliphatic hydroxyl groups excluding tert-OH is 1. The maximum absolute atomic E-state index is 9.83. The predicted molar refractivity (Wildman–Crippen MR) is 59.7 cm³/mol. The van der Waals surface area contributed by atoms with Gasteiger partial charge in [-0.1, -0.05) is 0 Å². The highest BCUT2D eigenvalue weighted by Gasteiger charge is 2.18. The lowest BCUT2D eigenvalue weighted by Crippen LogP contribution is -2.25. The van der Waals surface area contributed by atoms with Crippen LogP contribution in [0.15, 0.2) is 6.07 Å². The monoisotopic (exact) mass is 209 g/mol. The van der Waals surface area contributed by atoms with Gasteiger partial charge < -0.3 is 20.3 Å². The second kappa shape index (κ2) is 4.35. The predicted octanol–water partition coefficient (Wildman–Crippen LogP) is 0.255. The summed E-state index contributed by atoms with van der Waals surface area (Å²) >= 11 is 0. The molecule has 1 aromatic rings. The summed E-state index contributed by atoms with van der Waals surface area (Å²) in [6, 6.07) is 2.09. The number of fused-ring (bicyclic) bond motifs is 1. The maximum atomic E-state index is 9.83. The Morgan fingerprint density at radius 3 is 3.20 bits per heavy atom. The summed E-state index contributed by atoms with van der Waals surface area (Å²) in [5.41, 5.74) is 3.55. The molecule has 15 heavy (non-hydrogen) atoms. The molecule has 4 nitrogen and oxygen atoms in total. The normalized spacial score (nSPS) is 18.9. The first-order chi connectivity index (χ1) is 7.20. The van der Waals surface area contributed by atoms with Crippen LogP contribution in [0.5, 0.6) is 0 Å². The van der Waals surface area contributed by atoms with E-state index in [0.29, 0.717) is 6.54 Å². The van der Waals surface area contributed by atoms with Gasteiger partial charge in [0.05, 0.1) is 0 Å². The number of hydrogen-bond acceptors (Lipinski definition) is 3. The largest absolute Gasteiger partial charge is 0.386 e. The fraction of sp³-hybridized carbons (Fsp3) is 0.636.